The predicted octanol–water partition coefficient (Wildman–Crippen LogP) is 3.54. The lowest BCUT2D eigenvalue weighted by molar-refractivity contribution is 0.104. The number of hydrogen-bond donors (Lipinski definition) is 1. The summed E-state index contributed by atoms with van der Waals surface area (Å²) < 4.78 is 0. The van der Waals surface area contributed by atoms with Crippen LogP contribution in [0.4, 0.5) is 5.82 Å². The van der Waals surface area contributed by atoms with Gasteiger partial charge >= 0.3 is 0 Å². The maximum absolute atomic E-state index is 11.7. The number of hydrogen-bond acceptors (Lipinski definition) is 3. The third-order valence-corrected chi connectivity index (χ3v) is 2.48. The van der Waals surface area contributed by atoms with E-state index in [0.717, 1.165) is 0 Å². The van der Waals surface area contributed by atoms with E-state index >= 15 is 0 Å². The molecule has 0 fully saturated rings. The molecule has 0 saturated heterocycles. The van der Waals surface area contributed by atoms with Crippen LogP contribution >= 0.6 is 11.6 Å². The quantitative estimate of drug-likeness (QED) is 0.674. The predicted molar refractivity (Wildman–Crippen MR) is 72.8 cm³/mol. The standard InChI is InChI=1S/C14H11ClN2O/c15-12-6-7-14(17-10-12)16-9-8-13(18)11-4-2-1-3-5-11/h1-10H,(H,16,17)/b9-8-. The molecule has 18 heavy (non-hydrogen) atoms. The van der Waals surface area contributed by atoms with Crippen LogP contribution in [0, 0.1) is 0 Å². The fourth-order valence-corrected chi connectivity index (χ4v) is 1.47. The summed E-state index contributed by atoms with van der Waals surface area (Å²) in [7, 11) is 0. The second-order valence-electron chi connectivity index (χ2n) is 3.57. The highest BCUT2D eigenvalue weighted by molar-refractivity contribution is 6.30. The van der Waals surface area contributed by atoms with Crippen molar-refractivity contribution >= 4 is 23.2 Å². The minimum Gasteiger partial charge on any atom is -0.347 e. The summed E-state index contributed by atoms with van der Waals surface area (Å²) in [5, 5.41) is 3.48. The molecule has 0 aliphatic carbocycles. The Balaban J connectivity index is 1.96. The summed E-state index contributed by atoms with van der Waals surface area (Å²) in [4.78, 5) is 15.8. The Morgan fingerprint density at radius 1 is 1.17 bits per heavy atom. The molecule has 0 amide bonds. The Labute approximate surface area is 110 Å². The number of nitrogens with one attached hydrogen (secondary N) is 1. The van der Waals surface area contributed by atoms with Crippen LogP contribution in [0.1, 0.15) is 10.4 Å². The van der Waals surface area contributed by atoms with Gasteiger partial charge in [-0.25, -0.2) is 4.98 Å². The van der Waals surface area contributed by atoms with Crippen LogP contribution in [-0.2, 0) is 0 Å². The normalized spacial score (nSPS) is 10.5. The lowest BCUT2D eigenvalue weighted by atomic mass is 10.1. The van der Waals surface area contributed by atoms with Crippen LogP contribution in [0.3, 0.4) is 0 Å². The molecular formula is C14H11ClN2O. The van der Waals surface area contributed by atoms with Crippen molar-refractivity contribution in [1.82, 2.24) is 4.98 Å². The van der Waals surface area contributed by atoms with E-state index in [9.17, 15) is 4.79 Å². The van der Waals surface area contributed by atoms with E-state index < -0.39 is 0 Å². The van der Waals surface area contributed by atoms with E-state index in [4.69, 9.17) is 11.6 Å². The average molecular weight is 259 g/mol. The highest BCUT2D eigenvalue weighted by atomic mass is 35.5. The molecule has 1 aromatic carbocycles. The minimum absolute atomic E-state index is 0.0583. The van der Waals surface area contributed by atoms with Gasteiger partial charge in [-0.2, -0.15) is 0 Å². The number of benzene rings is 1. The molecule has 3 nitrogen and oxygen atoms in total. The molecule has 0 aliphatic heterocycles. The Bertz CT molecular complexity index is 550. The van der Waals surface area contributed by atoms with Crippen molar-refractivity contribution in [3.63, 3.8) is 0 Å². The van der Waals surface area contributed by atoms with Gasteiger partial charge < -0.3 is 5.32 Å². The Hall–Kier alpha value is -2.13. The molecule has 0 bridgehead atoms. The van der Waals surface area contributed by atoms with E-state index in [1.165, 1.54) is 12.3 Å². The van der Waals surface area contributed by atoms with Crippen molar-refractivity contribution in [3.8, 4) is 0 Å². The molecule has 1 heterocycles. The smallest absolute Gasteiger partial charge is 0.187 e. The number of carbonyl (C=O) groups is 1. The molecule has 1 aromatic heterocycles. The van der Waals surface area contributed by atoms with Crippen molar-refractivity contribution in [2.24, 2.45) is 0 Å². The number of rotatable bonds is 4. The lowest BCUT2D eigenvalue weighted by Gasteiger charge is -1.99. The SMILES string of the molecule is O=C(/C=C\Nc1ccc(Cl)cn1)c1ccccc1. The van der Waals surface area contributed by atoms with Gasteiger partial charge in [0.1, 0.15) is 5.82 Å². The minimum atomic E-state index is -0.0583. The lowest BCUT2D eigenvalue weighted by Crippen LogP contribution is -1.96. The van der Waals surface area contributed by atoms with Crippen molar-refractivity contribution < 1.29 is 4.79 Å². The second kappa shape index (κ2) is 5.98. The topological polar surface area (TPSA) is 42.0 Å². The number of aromatic nitrogens is 1. The molecule has 0 saturated carbocycles. The number of halogens is 1. The first kappa shape index (κ1) is 12.3. The number of allylic oxidation sites excluding steroid dienone is 1. The summed E-state index contributed by atoms with van der Waals surface area (Å²) in [6, 6.07) is 12.5. The van der Waals surface area contributed by atoms with Gasteiger partial charge in [0, 0.05) is 24.0 Å². The zero-order chi connectivity index (χ0) is 12.8. The molecule has 0 spiro atoms. The van der Waals surface area contributed by atoms with E-state index in [1.54, 1.807) is 30.5 Å². The van der Waals surface area contributed by atoms with E-state index in [-0.39, 0.29) is 5.78 Å². The largest absolute Gasteiger partial charge is 0.347 e. The highest BCUT2D eigenvalue weighted by Crippen LogP contribution is 2.09. The van der Waals surface area contributed by atoms with Crippen molar-refractivity contribution in [2.75, 3.05) is 5.32 Å². The number of carbonyl (C=O) groups excluding carboxylic acids is 1. The summed E-state index contributed by atoms with van der Waals surface area (Å²) in [6.07, 6.45) is 4.56. The van der Waals surface area contributed by atoms with Crippen LogP contribution < -0.4 is 5.32 Å². The molecule has 2 rings (SSSR count). The maximum atomic E-state index is 11.7. The van der Waals surface area contributed by atoms with Gasteiger partial charge in [-0.1, -0.05) is 41.9 Å². The van der Waals surface area contributed by atoms with Crippen LogP contribution in [0.15, 0.2) is 60.9 Å². The van der Waals surface area contributed by atoms with Gasteiger partial charge in [0.2, 0.25) is 0 Å². The van der Waals surface area contributed by atoms with Gasteiger partial charge in [0.05, 0.1) is 5.02 Å². The summed E-state index contributed by atoms with van der Waals surface area (Å²) >= 11 is 5.71. The molecule has 4 heteroatoms. The van der Waals surface area contributed by atoms with Gasteiger partial charge in [-0.15, -0.1) is 0 Å². The average Bonchev–Trinajstić information content (AvgIpc) is 2.42. The van der Waals surface area contributed by atoms with E-state index in [0.29, 0.717) is 16.4 Å². The number of nitrogens with zero attached hydrogens (tertiary/aromatic N) is 1. The zero-order valence-electron chi connectivity index (χ0n) is 9.51. The third kappa shape index (κ3) is 3.43. The zero-order valence-corrected chi connectivity index (χ0v) is 10.3. The molecular weight excluding hydrogens is 248 g/mol. The molecule has 0 atom stereocenters. The molecule has 0 unspecified atom stereocenters. The molecule has 0 radical (unpaired) electrons. The fourth-order valence-electron chi connectivity index (χ4n) is 1.36. The van der Waals surface area contributed by atoms with Crippen molar-refractivity contribution in [3.05, 3.63) is 71.5 Å². The second-order valence-corrected chi connectivity index (χ2v) is 4.01. The van der Waals surface area contributed by atoms with Crippen LogP contribution in [-0.4, -0.2) is 10.8 Å². The number of pyridine rings is 1. The fraction of sp³-hybridized carbons (Fsp3) is 0. The van der Waals surface area contributed by atoms with Crippen molar-refractivity contribution in [1.29, 1.82) is 0 Å². The molecule has 0 aliphatic rings. The third-order valence-electron chi connectivity index (χ3n) is 2.25. The first-order chi connectivity index (χ1) is 8.75. The first-order valence-electron chi connectivity index (χ1n) is 5.40. The number of anilines is 1. The Kier molecular flexibility index (Phi) is 4.10. The van der Waals surface area contributed by atoms with Gasteiger partial charge in [-0.3, -0.25) is 4.79 Å². The van der Waals surface area contributed by atoms with Crippen LogP contribution in [0.25, 0.3) is 0 Å². The van der Waals surface area contributed by atoms with Gasteiger partial charge in [-0.05, 0) is 12.1 Å². The Morgan fingerprint density at radius 3 is 2.61 bits per heavy atom. The summed E-state index contributed by atoms with van der Waals surface area (Å²) in [5.41, 5.74) is 0.652. The maximum Gasteiger partial charge on any atom is 0.187 e. The van der Waals surface area contributed by atoms with Gasteiger partial charge in [0.25, 0.3) is 0 Å². The molecule has 90 valence electrons. The van der Waals surface area contributed by atoms with Crippen molar-refractivity contribution in [2.45, 2.75) is 0 Å². The van der Waals surface area contributed by atoms with E-state index in [2.05, 4.69) is 10.3 Å². The van der Waals surface area contributed by atoms with Crippen LogP contribution in [0.5, 0.6) is 0 Å². The highest BCUT2D eigenvalue weighted by Gasteiger charge is 1.98. The monoisotopic (exact) mass is 258 g/mol. The molecule has 1 N–H and O–H groups in total. The van der Waals surface area contributed by atoms with Crippen LogP contribution in [0.2, 0.25) is 5.02 Å². The van der Waals surface area contributed by atoms with Gasteiger partial charge in [0.15, 0.2) is 5.78 Å². The first-order valence-corrected chi connectivity index (χ1v) is 5.77. The summed E-state index contributed by atoms with van der Waals surface area (Å²) in [5.74, 6) is 0.577. The Morgan fingerprint density at radius 2 is 1.94 bits per heavy atom. The summed E-state index contributed by atoms with van der Waals surface area (Å²) in [6.45, 7) is 0. The number of ketones is 1. The molecule has 2 aromatic rings. The van der Waals surface area contributed by atoms with E-state index in [1.807, 2.05) is 18.2 Å².